The molecule has 0 aliphatic carbocycles. The normalized spacial score (nSPS) is 10.3. The van der Waals surface area contributed by atoms with E-state index in [-0.39, 0.29) is 13.2 Å². The summed E-state index contributed by atoms with van der Waals surface area (Å²) in [6, 6.07) is 7.39. The maximum Gasteiger partial charge on any atom is 0.302 e. The van der Waals surface area contributed by atoms with Crippen molar-refractivity contribution in [2.24, 2.45) is 0 Å². The quantitative estimate of drug-likeness (QED) is 0.680. The molecular formula is C15H20O6. The Morgan fingerprint density at radius 1 is 1.00 bits per heavy atom. The van der Waals surface area contributed by atoms with Gasteiger partial charge in [0.15, 0.2) is 0 Å². The molecular weight excluding hydrogens is 276 g/mol. The van der Waals surface area contributed by atoms with Gasteiger partial charge in [-0.15, -0.1) is 0 Å². The van der Waals surface area contributed by atoms with E-state index in [2.05, 4.69) is 0 Å². The maximum atomic E-state index is 10.8. The standard InChI is InChI=1S/C15H20O6/c1-11(16)19-9-15(10-20-12(2)17)21-8-13-4-6-14(18-3)7-5-13/h4-7,15H,8-10H2,1-3H3. The SMILES string of the molecule is COc1ccc(COC(COC(C)=O)COC(C)=O)cc1. The van der Waals surface area contributed by atoms with Gasteiger partial charge in [-0.25, -0.2) is 0 Å². The molecule has 6 nitrogen and oxygen atoms in total. The predicted octanol–water partition coefficient (Wildman–Crippen LogP) is 1.71. The van der Waals surface area contributed by atoms with Crippen LogP contribution >= 0.6 is 0 Å². The number of hydrogen-bond donors (Lipinski definition) is 0. The second kappa shape index (κ2) is 8.97. The molecule has 0 aromatic heterocycles. The van der Waals surface area contributed by atoms with Crippen LogP contribution in [-0.2, 0) is 30.4 Å². The van der Waals surface area contributed by atoms with Gasteiger partial charge >= 0.3 is 11.9 Å². The molecule has 0 N–H and O–H groups in total. The van der Waals surface area contributed by atoms with Crippen molar-refractivity contribution in [1.82, 2.24) is 0 Å². The fourth-order valence-corrected chi connectivity index (χ4v) is 1.50. The molecule has 0 spiro atoms. The molecule has 0 aliphatic heterocycles. The second-order valence-electron chi connectivity index (χ2n) is 4.39. The molecule has 21 heavy (non-hydrogen) atoms. The van der Waals surface area contributed by atoms with Crippen LogP contribution in [0.5, 0.6) is 5.75 Å². The predicted molar refractivity (Wildman–Crippen MR) is 74.8 cm³/mol. The van der Waals surface area contributed by atoms with Gasteiger partial charge in [0.25, 0.3) is 0 Å². The second-order valence-corrected chi connectivity index (χ2v) is 4.39. The average molecular weight is 296 g/mol. The topological polar surface area (TPSA) is 71.1 Å². The van der Waals surface area contributed by atoms with E-state index < -0.39 is 18.0 Å². The highest BCUT2D eigenvalue weighted by molar-refractivity contribution is 5.66. The van der Waals surface area contributed by atoms with E-state index >= 15 is 0 Å². The Kier molecular flexibility index (Phi) is 7.25. The van der Waals surface area contributed by atoms with Gasteiger partial charge in [-0.2, -0.15) is 0 Å². The van der Waals surface area contributed by atoms with Gasteiger partial charge in [0, 0.05) is 13.8 Å². The third kappa shape index (κ3) is 7.31. The molecule has 0 radical (unpaired) electrons. The Morgan fingerprint density at radius 3 is 1.95 bits per heavy atom. The largest absolute Gasteiger partial charge is 0.497 e. The zero-order chi connectivity index (χ0) is 15.7. The van der Waals surface area contributed by atoms with E-state index in [0.29, 0.717) is 6.61 Å². The van der Waals surface area contributed by atoms with E-state index in [0.717, 1.165) is 11.3 Å². The Bertz CT molecular complexity index is 436. The van der Waals surface area contributed by atoms with Gasteiger partial charge in [-0.3, -0.25) is 9.59 Å². The highest BCUT2D eigenvalue weighted by atomic mass is 16.6. The first-order chi connectivity index (χ1) is 10.0. The minimum absolute atomic E-state index is 0.0404. The van der Waals surface area contributed by atoms with Crippen LogP contribution in [0.3, 0.4) is 0 Å². The van der Waals surface area contributed by atoms with Crippen LogP contribution in [0.2, 0.25) is 0 Å². The highest BCUT2D eigenvalue weighted by Gasteiger charge is 2.13. The lowest BCUT2D eigenvalue weighted by Crippen LogP contribution is -2.27. The van der Waals surface area contributed by atoms with Crippen molar-refractivity contribution in [3.8, 4) is 5.75 Å². The van der Waals surface area contributed by atoms with Crippen molar-refractivity contribution in [2.75, 3.05) is 20.3 Å². The number of benzene rings is 1. The fraction of sp³-hybridized carbons (Fsp3) is 0.467. The molecule has 0 aliphatic rings. The first kappa shape index (κ1) is 17.0. The van der Waals surface area contributed by atoms with Crippen LogP contribution < -0.4 is 4.74 Å². The van der Waals surface area contributed by atoms with Gasteiger partial charge in [-0.05, 0) is 17.7 Å². The maximum absolute atomic E-state index is 10.8. The first-order valence-electron chi connectivity index (χ1n) is 6.52. The number of hydrogen-bond acceptors (Lipinski definition) is 6. The summed E-state index contributed by atoms with van der Waals surface area (Å²) in [5.74, 6) is -0.0538. The lowest BCUT2D eigenvalue weighted by atomic mass is 10.2. The summed E-state index contributed by atoms with van der Waals surface area (Å²) in [5, 5.41) is 0. The van der Waals surface area contributed by atoms with Crippen LogP contribution in [0.25, 0.3) is 0 Å². The summed E-state index contributed by atoms with van der Waals surface area (Å²) in [6.07, 6.45) is -0.500. The van der Waals surface area contributed by atoms with E-state index in [1.54, 1.807) is 7.11 Å². The number of esters is 2. The van der Waals surface area contributed by atoms with Crippen molar-refractivity contribution in [1.29, 1.82) is 0 Å². The molecule has 1 rings (SSSR count). The van der Waals surface area contributed by atoms with Gasteiger partial charge in [0.1, 0.15) is 25.1 Å². The average Bonchev–Trinajstić information content (AvgIpc) is 2.46. The van der Waals surface area contributed by atoms with Crippen LogP contribution in [0.1, 0.15) is 19.4 Å². The molecule has 116 valence electrons. The molecule has 0 heterocycles. The van der Waals surface area contributed by atoms with Gasteiger partial charge in [0.2, 0.25) is 0 Å². The number of ether oxygens (including phenoxy) is 4. The molecule has 6 heteroatoms. The van der Waals surface area contributed by atoms with Crippen molar-refractivity contribution in [3.05, 3.63) is 29.8 Å². The first-order valence-corrected chi connectivity index (χ1v) is 6.52. The van der Waals surface area contributed by atoms with E-state index in [1.807, 2.05) is 24.3 Å². The van der Waals surface area contributed by atoms with Crippen molar-refractivity contribution in [2.45, 2.75) is 26.6 Å². The third-order valence-corrected chi connectivity index (χ3v) is 2.59. The molecule has 0 saturated heterocycles. The smallest absolute Gasteiger partial charge is 0.302 e. The summed E-state index contributed by atoms with van der Waals surface area (Å²) in [5.41, 5.74) is 0.937. The number of carbonyl (C=O) groups is 2. The van der Waals surface area contributed by atoms with Crippen LogP contribution in [0, 0.1) is 0 Å². The lowest BCUT2D eigenvalue weighted by Gasteiger charge is -2.17. The Hall–Kier alpha value is -2.08. The van der Waals surface area contributed by atoms with Gasteiger partial charge in [-0.1, -0.05) is 12.1 Å². The Balaban J connectivity index is 2.49. The molecule has 1 aromatic carbocycles. The molecule has 0 amide bonds. The zero-order valence-electron chi connectivity index (χ0n) is 12.5. The summed E-state index contributed by atoms with van der Waals surface area (Å²) in [6.45, 7) is 3.02. The summed E-state index contributed by atoms with van der Waals surface area (Å²) < 4.78 is 20.4. The number of carbonyl (C=O) groups excluding carboxylic acids is 2. The van der Waals surface area contributed by atoms with Crippen molar-refractivity contribution >= 4 is 11.9 Å². The Labute approximate surface area is 123 Å². The van der Waals surface area contributed by atoms with Crippen molar-refractivity contribution < 1.29 is 28.5 Å². The Morgan fingerprint density at radius 2 is 1.52 bits per heavy atom. The monoisotopic (exact) mass is 296 g/mol. The summed E-state index contributed by atoms with van der Waals surface area (Å²) >= 11 is 0. The van der Waals surface area contributed by atoms with Crippen molar-refractivity contribution in [3.63, 3.8) is 0 Å². The number of rotatable bonds is 8. The van der Waals surface area contributed by atoms with E-state index in [4.69, 9.17) is 18.9 Å². The van der Waals surface area contributed by atoms with E-state index in [1.165, 1.54) is 13.8 Å². The lowest BCUT2D eigenvalue weighted by molar-refractivity contribution is -0.153. The molecule has 1 aromatic rings. The third-order valence-electron chi connectivity index (χ3n) is 2.59. The van der Waals surface area contributed by atoms with Crippen LogP contribution in [-0.4, -0.2) is 38.4 Å². The van der Waals surface area contributed by atoms with Gasteiger partial charge < -0.3 is 18.9 Å². The minimum atomic E-state index is -0.500. The summed E-state index contributed by atoms with van der Waals surface area (Å²) in [4.78, 5) is 21.7. The molecule has 0 bridgehead atoms. The fourth-order valence-electron chi connectivity index (χ4n) is 1.50. The van der Waals surface area contributed by atoms with Crippen LogP contribution in [0.4, 0.5) is 0 Å². The molecule has 0 saturated carbocycles. The van der Waals surface area contributed by atoms with Crippen LogP contribution in [0.15, 0.2) is 24.3 Å². The van der Waals surface area contributed by atoms with E-state index in [9.17, 15) is 9.59 Å². The zero-order valence-corrected chi connectivity index (χ0v) is 12.5. The molecule has 0 unspecified atom stereocenters. The van der Waals surface area contributed by atoms with Gasteiger partial charge in [0.05, 0.1) is 13.7 Å². The molecule has 0 fully saturated rings. The minimum Gasteiger partial charge on any atom is -0.497 e. The summed E-state index contributed by atoms with van der Waals surface area (Å²) in [7, 11) is 1.60. The molecule has 0 atom stereocenters. The number of methoxy groups -OCH3 is 1. The highest BCUT2D eigenvalue weighted by Crippen LogP contribution is 2.12.